The van der Waals surface area contributed by atoms with Gasteiger partial charge >= 0.3 is 5.97 Å². The van der Waals surface area contributed by atoms with E-state index >= 15 is 0 Å². The lowest BCUT2D eigenvalue weighted by Gasteiger charge is -2.29. The van der Waals surface area contributed by atoms with Crippen LogP contribution in [0.25, 0.3) is 5.57 Å². The van der Waals surface area contributed by atoms with Gasteiger partial charge in [0.15, 0.2) is 0 Å². The van der Waals surface area contributed by atoms with Crippen molar-refractivity contribution in [2.24, 2.45) is 5.92 Å². The Labute approximate surface area is 206 Å². The summed E-state index contributed by atoms with van der Waals surface area (Å²) in [7, 11) is -1.51. The zero-order chi connectivity index (χ0) is 24.2. The topological polar surface area (TPSA) is 56.3 Å². The van der Waals surface area contributed by atoms with E-state index in [2.05, 4.69) is 4.98 Å². The highest BCUT2D eigenvalue weighted by molar-refractivity contribution is 7.85. The van der Waals surface area contributed by atoms with Crippen molar-refractivity contribution < 1.29 is 18.1 Å². The molecule has 2 atom stereocenters. The zero-order valence-corrected chi connectivity index (χ0v) is 20.6. The van der Waals surface area contributed by atoms with Gasteiger partial charge in [0.25, 0.3) is 0 Å². The van der Waals surface area contributed by atoms with Gasteiger partial charge in [-0.05, 0) is 90.9 Å². The second kappa shape index (κ2) is 10.6. The minimum atomic E-state index is -1.51. The molecule has 3 aromatic rings. The number of ether oxygens (including phenoxy) is 1. The molecule has 2 unspecified atom stereocenters. The minimum absolute atomic E-state index is 0.0473. The summed E-state index contributed by atoms with van der Waals surface area (Å²) >= 11 is 5.98. The second-order valence-corrected chi connectivity index (χ2v) is 10.1. The third kappa shape index (κ3) is 5.29. The molecule has 4 rings (SSSR count). The molecule has 7 heteroatoms. The molecule has 4 nitrogen and oxygen atoms in total. The molecule has 1 heterocycles. The maximum absolute atomic E-state index is 14.2. The number of rotatable bonds is 7. The molecule has 0 aliphatic heterocycles. The van der Waals surface area contributed by atoms with E-state index in [0.29, 0.717) is 34.4 Å². The van der Waals surface area contributed by atoms with Crippen LogP contribution in [0, 0.1) is 11.7 Å². The van der Waals surface area contributed by atoms with Crippen LogP contribution in [0.4, 0.5) is 4.39 Å². The lowest BCUT2D eigenvalue weighted by atomic mass is 9.76. The molecule has 0 N–H and O–H groups in total. The van der Waals surface area contributed by atoms with Crippen molar-refractivity contribution in [2.75, 3.05) is 6.61 Å². The Morgan fingerprint density at radius 2 is 1.97 bits per heavy atom. The summed E-state index contributed by atoms with van der Waals surface area (Å²) in [6.07, 6.45) is 2.94. The van der Waals surface area contributed by atoms with E-state index in [-0.39, 0.29) is 24.1 Å². The summed E-state index contributed by atoms with van der Waals surface area (Å²) in [6.45, 7) is 4.10. The summed E-state index contributed by atoms with van der Waals surface area (Å²) in [5, 5.41) is 1.02. The fraction of sp³-hybridized carbons (Fsp3) is 0.259. The molecule has 0 spiro atoms. The predicted octanol–water partition coefficient (Wildman–Crippen LogP) is 6.18. The second-order valence-electron chi connectivity index (χ2n) is 8.24. The number of halogens is 2. The Morgan fingerprint density at radius 1 is 1.21 bits per heavy atom. The van der Waals surface area contributed by atoms with E-state index < -0.39 is 10.8 Å². The normalized spacial score (nSPS) is 16.2. The highest BCUT2D eigenvalue weighted by Gasteiger charge is 2.28. The van der Waals surface area contributed by atoms with Crippen LogP contribution in [0.5, 0.6) is 0 Å². The van der Waals surface area contributed by atoms with Gasteiger partial charge < -0.3 is 4.74 Å². The van der Waals surface area contributed by atoms with E-state index in [1.165, 1.54) is 6.07 Å². The van der Waals surface area contributed by atoms with Crippen LogP contribution in [-0.2, 0) is 33.2 Å². The third-order valence-corrected chi connectivity index (χ3v) is 7.76. The first-order valence-corrected chi connectivity index (χ1v) is 12.7. The average Bonchev–Trinajstić information content (AvgIpc) is 2.82. The van der Waals surface area contributed by atoms with Gasteiger partial charge in [0.05, 0.1) is 13.0 Å². The van der Waals surface area contributed by atoms with Crippen molar-refractivity contribution in [3.63, 3.8) is 0 Å². The number of benzene rings is 2. The van der Waals surface area contributed by atoms with Crippen molar-refractivity contribution in [3.05, 3.63) is 93.9 Å². The summed E-state index contributed by atoms with van der Waals surface area (Å²) in [5.41, 5.74) is 4.54. The SMILES string of the molecule is CCOC(=O)CC1Cc2ccc(F)cc2C(Cc2cccnc2S(=O)c2ccc(Cl)cc2)=C1C. The Hall–Kier alpha value is -2.83. The molecule has 176 valence electrons. The third-order valence-electron chi connectivity index (χ3n) is 6.09. The number of pyridine rings is 1. The first-order valence-electron chi connectivity index (χ1n) is 11.1. The number of nitrogens with zero attached hydrogens (tertiary/aromatic N) is 1. The highest BCUT2D eigenvalue weighted by Crippen LogP contribution is 2.39. The van der Waals surface area contributed by atoms with Gasteiger partial charge in [0, 0.05) is 22.5 Å². The largest absolute Gasteiger partial charge is 0.466 e. The fourth-order valence-electron chi connectivity index (χ4n) is 4.35. The van der Waals surface area contributed by atoms with E-state index in [4.69, 9.17) is 16.3 Å². The first kappa shape index (κ1) is 24.3. The number of esters is 1. The number of hydrogen-bond donors (Lipinski definition) is 0. The van der Waals surface area contributed by atoms with Gasteiger partial charge in [-0.2, -0.15) is 0 Å². The molecule has 2 aromatic carbocycles. The maximum Gasteiger partial charge on any atom is 0.306 e. The molecule has 0 saturated carbocycles. The summed E-state index contributed by atoms with van der Waals surface area (Å²) < 4.78 is 32.8. The number of aromatic nitrogens is 1. The van der Waals surface area contributed by atoms with Gasteiger partial charge in [-0.1, -0.05) is 29.3 Å². The monoisotopic (exact) mass is 497 g/mol. The van der Waals surface area contributed by atoms with Crippen molar-refractivity contribution in [3.8, 4) is 0 Å². The smallest absolute Gasteiger partial charge is 0.306 e. The summed E-state index contributed by atoms with van der Waals surface area (Å²) in [6, 6.07) is 15.3. The number of hydrogen-bond acceptors (Lipinski definition) is 4. The van der Waals surface area contributed by atoms with Crippen molar-refractivity contribution >= 4 is 33.9 Å². The maximum atomic E-state index is 14.2. The van der Waals surface area contributed by atoms with Gasteiger partial charge in [-0.3, -0.25) is 4.79 Å². The van der Waals surface area contributed by atoms with Crippen LogP contribution >= 0.6 is 11.6 Å². The van der Waals surface area contributed by atoms with Crippen molar-refractivity contribution in [1.82, 2.24) is 4.98 Å². The van der Waals surface area contributed by atoms with Gasteiger partial charge in [-0.15, -0.1) is 0 Å². The number of carbonyl (C=O) groups is 1. The number of allylic oxidation sites excluding steroid dienone is 2. The van der Waals surface area contributed by atoms with Crippen LogP contribution in [0.15, 0.2) is 76.3 Å². The number of fused-ring (bicyclic) bond motifs is 1. The van der Waals surface area contributed by atoms with E-state index in [1.54, 1.807) is 55.6 Å². The van der Waals surface area contributed by atoms with Crippen molar-refractivity contribution in [1.29, 1.82) is 0 Å². The molecular weight excluding hydrogens is 473 g/mol. The molecular formula is C27H25ClFNO3S. The molecule has 0 saturated heterocycles. The van der Waals surface area contributed by atoms with Crippen LogP contribution in [0.3, 0.4) is 0 Å². The van der Waals surface area contributed by atoms with Gasteiger partial charge in [0.1, 0.15) is 21.6 Å². The van der Waals surface area contributed by atoms with Crippen LogP contribution in [-0.4, -0.2) is 21.8 Å². The Kier molecular flexibility index (Phi) is 7.59. The molecule has 1 aliphatic rings. The van der Waals surface area contributed by atoms with Crippen LogP contribution in [0.2, 0.25) is 5.02 Å². The minimum Gasteiger partial charge on any atom is -0.466 e. The molecule has 0 fully saturated rings. The predicted molar refractivity (Wildman–Crippen MR) is 132 cm³/mol. The molecule has 1 aliphatic carbocycles. The average molecular weight is 498 g/mol. The standard InChI is InChI=1S/C27H25ClFNO3S/c1-3-33-26(31)15-20-13-18-6-9-22(29)16-25(18)24(17(20)2)14-19-5-4-12-30-27(19)34(32)23-10-7-21(28)8-11-23/h4-12,16,20H,3,13-15H2,1-2H3. The fourth-order valence-corrected chi connectivity index (χ4v) is 5.62. The summed E-state index contributed by atoms with van der Waals surface area (Å²) in [5.74, 6) is -0.611. The lowest BCUT2D eigenvalue weighted by molar-refractivity contribution is -0.143. The molecule has 34 heavy (non-hydrogen) atoms. The molecule has 0 amide bonds. The number of carbonyl (C=O) groups excluding carboxylic acids is 1. The molecule has 0 radical (unpaired) electrons. The van der Waals surface area contributed by atoms with E-state index in [9.17, 15) is 13.4 Å². The van der Waals surface area contributed by atoms with Crippen molar-refractivity contribution in [2.45, 2.75) is 43.0 Å². The van der Waals surface area contributed by atoms with Gasteiger partial charge in [0.2, 0.25) is 0 Å². The van der Waals surface area contributed by atoms with Crippen LogP contribution < -0.4 is 0 Å². The van der Waals surface area contributed by atoms with E-state index in [0.717, 1.165) is 27.8 Å². The molecule has 1 aromatic heterocycles. The Morgan fingerprint density at radius 3 is 2.71 bits per heavy atom. The first-order chi connectivity index (χ1) is 16.4. The quantitative estimate of drug-likeness (QED) is 0.365. The van der Waals surface area contributed by atoms with E-state index in [1.807, 2.05) is 13.0 Å². The zero-order valence-electron chi connectivity index (χ0n) is 19.0. The Bertz CT molecular complexity index is 1270. The lowest BCUT2D eigenvalue weighted by Crippen LogP contribution is -2.21. The van der Waals surface area contributed by atoms with Crippen LogP contribution in [0.1, 0.15) is 37.0 Å². The summed E-state index contributed by atoms with van der Waals surface area (Å²) in [4.78, 5) is 17.3. The Balaban J connectivity index is 1.74. The molecule has 0 bridgehead atoms. The van der Waals surface area contributed by atoms with Gasteiger partial charge in [-0.25, -0.2) is 13.6 Å². The highest BCUT2D eigenvalue weighted by atomic mass is 35.5.